The lowest BCUT2D eigenvalue weighted by Crippen LogP contribution is -2.66. The van der Waals surface area contributed by atoms with Crippen LogP contribution in [0.2, 0.25) is 5.02 Å². The smallest absolute Gasteiger partial charge is 0.282 e. The number of fused-ring (bicyclic) bond motifs is 3. The fourth-order valence-electron chi connectivity index (χ4n) is 5.01. The molecule has 3 aliphatic heterocycles. The molecule has 0 aromatic heterocycles. The SMILES string of the molecule is O=S(=O)(N1CCC1)N1CCC[C@]2(S(=O)(=O)c3ccc(Cl)cc3)c3c(F)ccc(F)c3OC[C@H]12. The van der Waals surface area contributed by atoms with E-state index in [2.05, 4.69) is 0 Å². The van der Waals surface area contributed by atoms with Gasteiger partial charge in [-0.1, -0.05) is 11.6 Å². The highest BCUT2D eigenvalue weighted by atomic mass is 35.5. The number of hydrogen-bond acceptors (Lipinski definition) is 5. The summed E-state index contributed by atoms with van der Waals surface area (Å²) in [5.41, 5.74) is -0.461. The molecule has 0 N–H and O–H groups in total. The van der Waals surface area contributed by atoms with Crippen LogP contribution in [0.5, 0.6) is 5.75 Å². The molecule has 3 heterocycles. The third-order valence-electron chi connectivity index (χ3n) is 6.72. The van der Waals surface area contributed by atoms with Gasteiger partial charge in [-0.15, -0.1) is 0 Å². The van der Waals surface area contributed by atoms with Gasteiger partial charge in [0.15, 0.2) is 21.4 Å². The first-order valence-corrected chi connectivity index (χ1v) is 13.7. The van der Waals surface area contributed by atoms with E-state index in [9.17, 15) is 21.2 Å². The maximum atomic E-state index is 15.3. The molecule has 178 valence electrons. The predicted molar refractivity (Wildman–Crippen MR) is 117 cm³/mol. The van der Waals surface area contributed by atoms with E-state index in [0.717, 1.165) is 16.4 Å². The van der Waals surface area contributed by atoms with Crippen LogP contribution in [0.4, 0.5) is 8.78 Å². The van der Waals surface area contributed by atoms with Crippen LogP contribution in [0.1, 0.15) is 24.8 Å². The topological polar surface area (TPSA) is 84.0 Å². The molecule has 7 nitrogen and oxygen atoms in total. The third kappa shape index (κ3) is 3.23. The monoisotopic (exact) mass is 518 g/mol. The fourth-order valence-corrected chi connectivity index (χ4v) is 9.48. The molecule has 2 aromatic rings. The molecule has 12 heteroatoms. The molecule has 5 rings (SSSR count). The maximum absolute atomic E-state index is 15.3. The van der Waals surface area contributed by atoms with Gasteiger partial charge >= 0.3 is 0 Å². The molecule has 2 atom stereocenters. The van der Waals surface area contributed by atoms with Crippen LogP contribution in [0.3, 0.4) is 0 Å². The summed E-state index contributed by atoms with van der Waals surface area (Å²) in [5.74, 6) is -2.36. The zero-order valence-corrected chi connectivity index (χ0v) is 19.8. The van der Waals surface area contributed by atoms with E-state index < -0.39 is 60.4 Å². The van der Waals surface area contributed by atoms with Crippen LogP contribution in [0.25, 0.3) is 0 Å². The van der Waals surface area contributed by atoms with Crippen LogP contribution in [-0.2, 0) is 24.8 Å². The Bertz CT molecular complexity index is 1320. The van der Waals surface area contributed by atoms with E-state index >= 15 is 4.39 Å². The van der Waals surface area contributed by atoms with E-state index in [4.69, 9.17) is 16.3 Å². The van der Waals surface area contributed by atoms with E-state index in [-0.39, 0.29) is 24.3 Å². The molecule has 0 aliphatic carbocycles. The second-order valence-electron chi connectivity index (χ2n) is 8.38. The Balaban J connectivity index is 1.78. The van der Waals surface area contributed by atoms with Crippen molar-refractivity contribution in [1.82, 2.24) is 8.61 Å². The Kier molecular flexibility index (Phi) is 5.48. The number of sulfone groups is 1. The number of hydrogen-bond donors (Lipinski definition) is 0. The van der Waals surface area contributed by atoms with Crippen molar-refractivity contribution in [2.45, 2.75) is 34.9 Å². The Morgan fingerprint density at radius 3 is 2.24 bits per heavy atom. The van der Waals surface area contributed by atoms with Gasteiger partial charge in [0.2, 0.25) is 0 Å². The number of halogens is 3. The molecule has 33 heavy (non-hydrogen) atoms. The molecule has 2 aromatic carbocycles. The zero-order valence-electron chi connectivity index (χ0n) is 17.4. The Morgan fingerprint density at radius 1 is 0.939 bits per heavy atom. The molecule has 2 fully saturated rings. The summed E-state index contributed by atoms with van der Waals surface area (Å²) in [4.78, 5) is -0.156. The number of benzene rings is 2. The van der Waals surface area contributed by atoms with E-state index in [1.54, 1.807) is 0 Å². The fraction of sp³-hybridized carbons (Fsp3) is 0.429. The summed E-state index contributed by atoms with van der Waals surface area (Å²) in [5, 5.41) is 0.304. The van der Waals surface area contributed by atoms with Gasteiger partial charge in [0.05, 0.1) is 16.5 Å². The highest BCUT2D eigenvalue weighted by Crippen LogP contribution is 2.54. The molecular weight excluding hydrogens is 498 g/mol. The first-order chi connectivity index (χ1) is 15.6. The normalized spacial score (nSPS) is 26.1. The summed E-state index contributed by atoms with van der Waals surface area (Å²) in [6.45, 7) is 0.274. The number of rotatable bonds is 4. The summed E-state index contributed by atoms with van der Waals surface area (Å²) in [7, 11) is -8.45. The Morgan fingerprint density at radius 2 is 1.61 bits per heavy atom. The molecule has 0 spiro atoms. The number of ether oxygens (including phenoxy) is 1. The van der Waals surface area contributed by atoms with Crippen LogP contribution in [-0.4, -0.2) is 57.7 Å². The molecule has 0 radical (unpaired) electrons. The first kappa shape index (κ1) is 23.0. The zero-order chi connectivity index (χ0) is 23.6. The van der Waals surface area contributed by atoms with Crippen molar-refractivity contribution < 1.29 is 30.4 Å². The molecule has 0 saturated carbocycles. The van der Waals surface area contributed by atoms with Crippen molar-refractivity contribution in [3.8, 4) is 5.75 Å². The van der Waals surface area contributed by atoms with E-state index in [1.165, 1.54) is 28.6 Å². The van der Waals surface area contributed by atoms with Crippen molar-refractivity contribution in [3.63, 3.8) is 0 Å². The van der Waals surface area contributed by atoms with Gasteiger partial charge < -0.3 is 4.74 Å². The van der Waals surface area contributed by atoms with Crippen molar-refractivity contribution in [1.29, 1.82) is 0 Å². The van der Waals surface area contributed by atoms with Gasteiger partial charge in [0, 0.05) is 24.7 Å². The predicted octanol–water partition coefficient (Wildman–Crippen LogP) is 3.09. The molecule has 0 amide bonds. The first-order valence-electron chi connectivity index (χ1n) is 10.5. The molecule has 0 bridgehead atoms. The van der Waals surface area contributed by atoms with Crippen LogP contribution in [0.15, 0.2) is 41.3 Å². The van der Waals surface area contributed by atoms with Gasteiger partial charge in [-0.3, -0.25) is 0 Å². The lowest BCUT2D eigenvalue weighted by molar-refractivity contribution is 0.0907. The standard InChI is InChI=1S/C21H21ClF2N2O5S2/c22-14-3-5-15(6-4-14)32(27,28)21-9-1-12-26(33(29,30)25-10-2-11-25)18(21)13-31-20-17(24)8-7-16(23)19(20)21/h3-8,18H,1-2,9-13H2/t18-,21+/m0/s1. The number of nitrogens with zero attached hydrogens (tertiary/aromatic N) is 2. The van der Waals surface area contributed by atoms with Crippen molar-refractivity contribution in [2.24, 2.45) is 0 Å². The van der Waals surface area contributed by atoms with Crippen LogP contribution in [0, 0.1) is 11.6 Å². The average molecular weight is 519 g/mol. The summed E-state index contributed by atoms with van der Waals surface area (Å²) in [6.07, 6.45) is 0.752. The minimum atomic E-state index is -4.43. The van der Waals surface area contributed by atoms with Gasteiger partial charge in [-0.05, 0) is 55.7 Å². The number of piperidine rings is 1. The van der Waals surface area contributed by atoms with Crippen molar-refractivity contribution in [3.05, 3.63) is 58.6 Å². The summed E-state index contributed by atoms with van der Waals surface area (Å²) in [6, 6.07) is 5.80. The molecule has 3 aliphatic rings. The average Bonchev–Trinajstić information content (AvgIpc) is 2.74. The lowest BCUT2D eigenvalue weighted by atomic mass is 9.81. The van der Waals surface area contributed by atoms with Crippen molar-refractivity contribution in [2.75, 3.05) is 26.2 Å². The minimum absolute atomic E-state index is 0.0526. The third-order valence-corrected chi connectivity index (χ3v) is 11.6. The quantitative estimate of drug-likeness (QED) is 0.621. The van der Waals surface area contributed by atoms with Gasteiger partial charge in [-0.25, -0.2) is 17.2 Å². The van der Waals surface area contributed by atoms with Crippen LogP contribution >= 0.6 is 11.6 Å². The summed E-state index contributed by atoms with van der Waals surface area (Å²) >= 11 is 5.93. The second-order valence-corrected chi connectivity index (χ2v) is 12.9. The largest absolute Gasteiger partial charge is 0.488 e. The Labute approximate surface area is 196 Å². The minimum Gasteiger partial charge on any atom is -0.488 e. The van der Waals surface area contributed by atoms with Crippen molar-refractivity contribution >= 4 is 31.6 Å². The van der Waals surface area contributed by atoms with Crippen LogP contribution < -0.4 is 4.74 Å². The van der Waals surface area contributed by atoms with E-state index in [1.807, 2.05) is 0 Å². The highest BCUT2D eigenvalue weighted by molar-refractivity contribution is 7.92. The van der Waals surface area contributed by atoms with E-state index in [0.29, 0.717) is 24.5 Å². The molecule has 0 unspecified atom stereocenters. The molecular formula is C21H21ClF2N2O5S2. The summed E-state index contributed by atoms with van der Waals surface area (Å²) < 4.78 is 90.9. The van der Waals surface area contributed by atoms with Gasteiger partial charge in [0.25, 0.3) is 10.2 Å². The van der Waals surface area contributed by atoms with Gasteiger partial charge in [0.1, 0.15) is 17.2 Å². The second kappa shape index (κ2) is 7.88. The molecule has 2 saturated heterocycles. The maximum Gasteiger partial charge on any atom is 0.282 e. The Hall–Kier alpha value is -1.79. The van der Waals surface area contributed by atoms with Gasteiger partial charge in [-0.2, -0.15) is 17.0 Å². The lowest BCUT2D eigenvalue weighted by Gasteiger charge is -2.52. The highest BCUT2D eigenvalue weighted by Gasteiger charge is 2.63.